The topological polar surface area (TPSA) is 56.4 Å². The summed E-state index contributed by atoms with van der Waals surface area (Å²) in [6.45, 7) is 4.73. The lowest BCUT2D eigenvalue weighted by Gasteiger charge is -2.27. The van der Waals surface area contributed by atoms with Crippen molar-refractivity contribution in [2.75, 3.05) is 31.1 Å². The van der Waals surface area contributed by atoms with Crippen LogP contribution in [0, 0.1) is 5.41 Å². The number of nitrogens with two attached hydrogens (primary N) is 1. The summed E-state index contributed by atoms with van der Waals surface area (Å²) in [5.41, 5.74) is 7.57. The zero-order valence-corrected chi connectivity index (χ0v) is 13.2. The van der Waals surface area contributed by atoms with Crippen LogP contribution in [0.25, 0.3) is 0 Å². The van der Waals surface area contributed by atoms with Crippen molar-refractivity contribution >= 4 is 27.5 Å². The number of benzene rings is 1. The number of rotatable bonds is 2. The fraction of sp³-hybridized carbons (Fsp3) is 0.533. The number of anilines is 1. The highest BCUT2D eigenvalue weighted by Crippen LogP contribution is 2.28. The van der Waals surface area contributed by atoms with Crippen molar-refractivity contribution < 1.29 is 0 Å². The van der Waals surface area contributed by atoms with Gasteiger partial charge in [-0.1, -0.05) is 0 Å². The minimum atomic E-state index is 0.112. The Kier molecular flexibility index (Phi) is 3.98. The number of halogens is 1. The fourth-order valence-corrected chi connectivity index (χ4v) is 3.94. The van der Waals surface area contributed by atoms with Gasteiger partial charge in [0.15, 0.2) is 0 Å². The standard InChI is InChI=1S/C15H21BrN4/c16-14-9-11(4-5-13(14)15(17)18)20-8-2-7-19-6-1-3-12(19)10-20/h4-5,9,12H,1-3,6-8,10H2,(H3,17,18). The molecule has 1 unspecified atom stereocenters. The summed E-state index contributed by atoms with van der Waals surface area (Å²) in [4.78, 5) is 5.11. The van der Waals surface area contributed by atoms with Crippen molar-refractivity contribution in [3.05, 3.63) is 28.2 Å². The van der Waals surface area contributed by atoms with Gasteiger partial charge >= 0.3 is 0 Å². The van der Waals surface area contributed by atoms with Crippen molar-refractivity contribution in [1.82, 2.24) is 4.90 Å². The average molecular weight is 337 g/mol. The van der Waals surface area contributed by atoms with Crippen LogP contribution in [0.1, 0.15) is 24.8 Å². The van der Waals surface area contributed by atoms with Crippen LogP contribution >= 0.6 is 15.9 Å². The van der Waals surface area contributed by atoms with Gasteiger partial charge in [0.2, 0.25) is 0 Å². The number of hydrogen-bond donors (Lipinski definition) is 2. The quantitative estimate of drug-likeness (QED) is 0.644. The van der Waals surface area contributed by atoms with E-state index >= 15 is 0 Å². The lowest BCUT2D eigenvalue weighted by Crippen LogP contribution is -2.36. The summed E-state index contributed by atoms with van der Waals surface area (Å²) in [7, 11) is 0. The minimum absolute atomic E-state index is 0.112. The highest BCUT2D eigenvalue weighted by molar-refractivity contribution is 9.10. The van der Waals surface area contributed by atoms with E-state index in [-0.39, 0.29) is 5.84 Å². The molecule has 5 heteroatoms. The normalized spacial score (nSPS) is 23.4. The lowest BCUT2D eigenvalue weighted by atomic mass is 10.1. The third-order valence-electron chi connectivity index (χ3n) is 4.41. The van der Waals surface area contributed by atoms with Crippen LogP contribution in [0.4, 0.5) is 5.69 Å². The molecule has 2 fully saturated rings. The third kappa shape index (κ3) is 2.69. The van der Waals surface area contributed by atoms with E-state index in [1.54, 1.807) is 0 Å². The maximum atomic E-state index is 7.55. The van der Waals surface area contributed by atoms with Gasteiger partial charge < -0.3 is 10.6 Å². The molecule has 2 saturated heterocycles. The molecule has 2 aliphatic rings. The number of amidine groups is 1. The molecule has 1 aromatic carbocycles. The number of fused-ring (bicyclic) bond motifs is 1. The molecule has 3 rings (SSSR count). The van der Waals surface area contributed by atoms with Crippen molar-refractivity contribution in [3.8, 4) is 0 Å². The van der Waals surface area contributed by atoms with Gasteiger partial charge in [-0.15, -0.1) is 0 Å². The van der Waals surface area contributed by atoms with E-state index in [2.05, 4.69) is 37.9 Å². The second kappa shape index (κ2) is 5.74. The first-order valence-electron chi connectivity index (χ1n) is 7.28. The summed E-state index contributed by atoms with van der Waals surface area (Å²) in [6.07, 6.45) is 3.89. The van der Waals surface area contributed by atoms with Gasteiger partial charge in [-0.25, -0.2) is 0 Å². The Morgan fingerprint density at radius 1 is 1.25 bits per heavy atom. The summed E-state index contributed by atoms with van der Waals surface area (Å²) >= 11 is 3.53. The largest absolute Gasteiger partial charge is 0.384 e. The minimum Gasteiger partial charge on any atom is -0.384 e. The molecule has 3 N–H and O–H groups in total. The molecule has 2 heterocycles. The Labute approximate surface area is 128 Å². The Morgan fingerprint density at radius 3 is 2.80 bits per heavy atom. The molecule has 0 spiro atoms. The summed E-state index contributed by atoms with van der Waals surface area (Å²) < 4.78 is 0.912. The maximum absolute atomic E-state index is 7.55. The van der Waals surface area contributed by atoms with Gasteiger partial charge in [0.1, 0.15) is 5.84 Å². The van der Waals surface area contributed by atoms with Crippen LogP contribution in [0.5, 0.6) is 0 Å². The number of hydrogen-bond acceptors (Lipinski definition) is 3. The highest BCUT2D eigenvalue weighted by atomic mass is 79.9. The van der Waals surface area contributed by atoms with Crippen molar-refractivity contribution in [2.24, 2.45) is 5.73 Å². The van der Waals surface area contributed by atoms with Crippen LogP contribution < -0.4 is 10.6 Å². The van der Waals surface area contributed by atoms with Crippen LogP contribution in [0.2, 0.25) is 0 Å². The van der Waals surface area contributed by atoms with Crippen molar-refractivity contribution in [1.29, 1.82) is 5.41 Å². The second-order valence-corrected chi connectivity index (χ2v) is 6.56. The maximum Gasteiger partial charge on any atom is 0.123 e. The second-order valence-electron chi connectivity index (χ2n) is 5.71. The Bertz CT molecular complexity index is 517. The number of nitrogen functional groups attached to an aromatic ring is 1. The molecule has 1 atom stereocenters. The van der Waals surface area contributed by atoms with E-state index in [0.29, 0.717) is 6.04 Å². The third-order valence-corrected chi connectivity index (χ3v) is 5.07. The van der Waals surface area contributed by atoms with E-state index in [4.69, 9.17) is 11.1 Å². The lowest BCUT2D eigenvalue weighted by molar-refractivity contribution is 0.273. The van der Waals surface area contributed by atoms with Crippen molar-refractivity contribution in [2.45, 2.75) is 25.3 Å². The van der Waals surface area contributed by atoms with E-state index < -0.39 is 0 Å². The van der Waals surface area contributed by atoms with Crippen molar-refractivity contribution in [3.63, 3.8) is 0 Å². The SMILES string of the molecule is N=C(N)c1ccc(N2CCCN3CCCC3C2)cc1Br. The van der Waals surface area contributed by atoms with Crippen LogP contribution in [0.15, 0.2) is 22.7 Å². The molecule has 2 aliphatic heterocycles. The summed E-state index contributed by atoms with van der Waals surface area (Å²) in [6, 6.07) is 6.84. The van der Waals surface area contributed by atoms with Crippen LogP contribution in [-0.4, -0.2) is 43.0 Å². The Hall–Kier alpha value is -1.07. The van der Waals surface area contributed by atoms with Gasteiger partial charge in [-0.2, -0.15) is 0 Å². The van der Waals surface area contributed by atoms with E-state index in [1.807, 2.05) is 6.07 Å². The molecule has 1 aromatic rings. The molecule has 0 aliphatic carbocycles. The van der Waals surface area contributed by atoms with Gasteiger partial charge in [0.05, 0.1) is 0 Å². The average Bonchev–Trinajstić information content (AvgIpc) is 2.75. The van der Waals surface area contributed by atoms with Crippen LogP contribution in [0.3, 0.4) is 0 Å². The molecule has 108 valence electrons. The smallest absolute Gasteiger partial charge is 0.123 e. The van der Waals surface area contributed by atoms with E-state index in [9.17, 15) is 0 Å². The Balaban J connectivity index is 1.81. The summed E-state index contributed by atoms with van der Waals surface area (Å²) in [5.74, 6) is 0.112. The van der Waals surface area contributed by atoms with Gasteiger partial charge in [0, 0.05) is 41.4 Å². The van der Waals surface area contributed by atoms with Gasteiger partial charge in [-0.3, -0.25) is 10.3 Å². The Morgan fingerprint density at radius 2 is 2.05 bits per heavy atom. The predicted molar refractivity (Wildman–Crippen MR) is 86.6 cm³/mol. The first-order chi connectivity index (χ1) is 9.65. The zero-order valence-electron chi connectivity index (χ0n) is 11.6. The highest BCUT2D eigenvalue weighted by Gasteiger charge is 2.28. The van der Waals surface area contributed by atoms with Gasteiger partial charge in [-0.05, 0) is 59.9 Å². The molecular formula is C15H21BrN4. The first-order valence-corrected chi connectivity index (χ1v) is 8.07. The molecule has 0 aromatic heterocycles. The van der Waals surface area contributed by atoms with E-state index in [1.165, 1.54) is 38.0 Å². The number of nitrogens with zero attached hydrogens (tertiary/aromatic N) is 2. The number of nitrogens with one attached hydrogen (secondary N) is 1. The summed E-state index contributed by atoms with van der Waals surface area (Å²) in [5, 5.41) is 7.55. The molecule has 20 heavy (non-hydrogen) atoms. The molecule has 0 radical (unpaired) electrons. The fourth-order valence-electron chi connectivity index (χ4n) is 3.36. The predicted octanol–water partition coefficient (Wildman–Crippen LogP) is 2.41. The molecule has 0 bridgehead atoms. The molecular weight excluding hydrogens is 316 g/mol. The first kappa shape index (κ1) is 13.9. The molecule has 0 saturated carbocycles. The molecule has 0 amide bonds. The van der Waals surface area contributed by atoms with Gasteiger partial charge in [0.25, 0.3) is 0 Å². The van der Waals surface area contributed by atoms with E-state index in [0.717, 1.165) is 23.1 Å². The molecule has 4 nitrogen and oxygen atoms in total. The zero-order chi connectivity index (χ0) is 14.1. The monoisotopic (exact) mass is 336 g/mol. The van der Waals surface area contributed by atoms with Crippen LogP contribution in [-0.2, 0) is 0 Å².